The average molecular weight is 291 g/mol. The lowest BCUT2D eigenvalue weighted by molar-refractivity contribution is 0.0527. The Kier molecular flexibility index (Phi) is 4.96. The molecule has 1 heterocycles. The van der Waals surface area contributed by atoms with Crippen LogP contribution in [-0.4, -0.2) is 17.6 Å². The molecule has 0 aliphatic heterocycles. The maximum atomic E-state index is 11.8. The predicted octanol–water partition coefficient (Wildman–Crippen LogP) is 3.52. The first-order chi connectivity index (χ1) is 9.70. The number of anilines is 1. The molecule has 1 aromatic carbocycles. The topological polar surface area (TPSA) is 51.2 Å². The fourth-order valence-corrected chi connectivity index (χ4v) is 1.90. The highest BCUT2D eigenvalue weighted by molar-refractivity contribution is 6.29. The van der Waals surface area contributed by atoms with Gasteiger partial charge in [0.25, 0.3) is 0 Å². The van der Waals surface area contributed by atoms with Crippen LogP contribution in [0.5, 0.6) is 0 Å². The van der Waals surface area contributed by atoms with E-state index >= 15 is 0 Å². The number of nitrogens with one attached hydrogen (secondary N) is 1. The molecule has 4 nitrogen and oxygen atoms in total. The third kappa shape index (κ3) is 3.71. The number of halogens is 1. The first-order valence-corrected chi connectivity index (χ1v) is 6.69. The number of nitrogens with zero attached hydrogens (tertiary/aromatic N) is 1. The number of hydrogen-bond donors (Lipinski definition) is 1. The van der Waals surface area contributed by atoms with Crippen LogP contribution in [0, 0.1) is 0 Å². The van der Waals surface area contributed by atoms with Gasteiger partial charge in [-0.2, -0.15) is 0 Å². The van der Waals surface area contributed by atoms with Crippen molar-refractivity contribution < 1.29 is 9.53 Å². The molecule has 0 bridgehead atoms. The summed E-state index contributed by atoms with van der Waals surface area (Å²) in [6.45, 7) is 2.67. The number of hydrogen-bond acceptors (Lipinski definition) is 4. The summed E-state index contributed by atoms with van der Waals surface area (Å²) in [5.41, 5.74) is 2.11. The molecule has 20 heavy (non-hydrogen) atoms. The van der Waals surface area contributed by atoms with Gasteiger partial charge in [0.05, 0.1) is 12.3 Å². The van der Waals surface area contributed by atoms with Gasteiger partial charge in [-0.05, 0) is 18.6 Å². The van der Waals surface area contributed by atoms with E-state index in [9.17, 15) is 4.79 Å². The van der Waals surface area contributed by atoms with Crippen molar-refractivity contribution in [1.29, 1.82) is 0 Å². The first-order valence-electron chi connectivity index (χ1n) is 6.31. The molecule has 1 N–H and O–H groups in total. The number of ether oxygens (including phenoxy) is 1. The van der Waals surface area contributed by atoms with Crippen molar-refractivity contribution in [3.05, 3.63) is 58.9 Å². The quantitative estimate of drug-likeness (QED) is 0.676. The zero-order valence-corrected chi connectivity index (χ0v) is 11.9. The number of carbonyl (C=O) groups excluding carboxylic acids is 1. The van der Waals surface area contributed by atoms with Gasteiger partial charge in [0.1, 0.15) is 10.7 Å². The standard InChI is InChI=1S/C15H15ClN2O2/c1-2-20-15(19)12-10-18-14(16)8-13(12)17-9-11-6-4-3-5-7-11/h3-8,10H,2,9H2,1H3,(H,17,18). The van der Waals surface area contributed by atoms with E-state index < -0.39 is 5.97 Å². The maximum absolute atomic E-state index is 11.8. The molecule has 0 amide bonds. The number of pyridine rings is 1. The van der Waals surface area contributed by atoms with Crippen molar-refractivity contribution in [3.63, 3.8) is 0 Å². The molecule has 0 radical (unpaired) electrons. The minimum atomic E-state index is -0.410. The van der Waals surface area contributed by atoms with Crippen molar-refractivity contribution in [3.8, 4) is 0 Å². The van der Waals surface area contributed by atoms with Crippen LogP contribution in [0.4, 0.5) is 5.69 Å². The van der Waals surface area contributed by atoms with E-state index in [0.29, 0.717) is 29.6 Å². The van der Waals surface area contributed by atoms with Crippen LogP contribution in [0.25, 0.3) is 0 Å². The van der Waals surface area contributed by atoms with Crippen molar-refractivity contribution in [2.24, 2.45) is 0 Å². The van der Waals surface area contributed by atoms with Crippen LogP contribution in [0.2, 0.25) is 5.15 Å². The zero-order chi connectivity index (χ0) is 14.4. The fraction of sp³-hybridized carbons (Fsp3) is 0.200. The molecular weight excluding hydrogens is 276 g/mol. The molecule has 1 aromatic heterocycles. The fourth-order valence-electron chi connectivity index (χ4n) is 1.74. The maximum Gasteiger partial charge on any atom is 0.341 e. The second-order valence-corrected chi connectivity index (χ2v) is 4.50. The molecule has 0 fully saturated rings. The second-order valence-electron chi connectivity index (χ2n) is 4.11. The van der Waals surface area contributed by atoms with Crippen LogP contribution in [0.3, 0.4) is 0 Å². The Morgan fingerprint density at radius 1 is 1.35 bits per heavy atom. The van der Waals surface area contributed by atoms with Crippen LogP contribution >= 0.6 is 11.6 Å². The van der Waals surface area contributed by atoms with Gasteiger partial charge in [-0.3, -0.25) is 0 Å². The number of rotatable bonds is 5. The Labute approximate surface area is 122 Å². The molecule has 5 heteroatoms. The van der Waals surface area contributed by atoms with Crippen molar-refractivity contribution in [1.82, 2.24) is 4.98 Å². The number of esters is 1. The Balaban J connectivity index is 2.17. The van der Waals surface area contributed by atoms with Crippen LogP contribution in [0.1, 0.15) is 22.8 Å². The van der Waals surface area contributed by atoms with Gasteiger partial charge < -0.3 is 10.1 Å². The van der Waals surface area contributed by atoms with E-state index in [-0.39, 0.29) is 0 Å². The van der Waals surface area contributed by atoms with Gasteiger partial charge >= 0.3 is 5.97 Å². The summed E-state index contributed by atoms with van der Waals surface area (Å²) in [4.78, 5) is 15.8. The summed E-state index contributed by atoms with van der Waals surface area (Å²) in [5.74, 6) is -0.410. The third-order valence-electron chi connectivity index (χ3n) is 2.69. The van der Waals surface area contributed by atoms with Gasteiger partial charge in [0, 0.05) is 12.7 Å². The van der Waals surface area contributed by atoms with Crippen LogP contribution in [0.15, 0.2) is 42.6 Å². The van der Waals surface area contributed by atoms with Crippen molar-refractivity contribution >= 4 is 23.3 Å². The molecular formula is C15H15ClN2O2. The zero-order valence-electron chi connectivity index (χ0n) is 11.1. The van der Waals surface area contributed by atoms with Crippen molar-refractivity contribution in [2.75, 3.05) is 11.9 Å². The van der Waals surface area contributed by atoms with E-state index in [1.165, 1.54) is 6.20 Å². The van der Waals surface area contributed by atoms with Gasteiger partial charge in [-0.25, -0.2) is 9.78 Å². The van der Waals surface area contributed by atoms with Gasteiger partial charge in [0.15, 0.2) is 0 Å². The van der Waals surface area contributed by atoms with E-state index in [2.05, 4.69) is 10.3 Å². The first kappa shape index (κ1) is 14.3. The summed E-state index contributed by atoms with van der Waals surface area (Å²) >= 11 is 5.88. The predicted molar refractivity (Wildman–Crippen MR) is 79.0 cm³/mol. The summed E-state index contributed by atoms with van der Waals surface area (Å²) in [5, 5.41) is 3.51. The lowest BCUT2D eigenvalue weighted by Crippen LogP contribution is -2.10. The monoisotopic (exact) mass is 290 g/mol. The van der Waals surface area contributed by atoms with E-state index in [1.54, 1.807) is 13.0 Å². The number of carbonyl (C=O) groups is 1. The highest BCUT2D eigenvalue weighted by Crippen LogP contribution is 2.20. The minimum Gasteiger partial charge on any atom is -0.462 e. The summed E-state index contributed by atoms with van der Waals surface area (Å²) in [6, 6.07) is 11.5. The summed E-state index contributed by atoms with van der Waals surface area (Å²) in [6.07, 6.45) is 1.42. The molecule has 2 aromatic rings. The van der Waals surface area contributed by atoms with Crippen LogP contribution < -0.4 is 5.32 Å². The minimum absolute atomic E-state index is 0.319. The molecule has 0 aliphatic rings. The lowest BCUT2D eigenvalue weighted by atomic mass is 10.2. The third-order valence-corrected chi connectivity index (χ3v) is 2.90. The second kappa shape index (κ2) is 6.91. The average Bonchev–Trinajstić information content (AvgIpc) is 2.46. The largest absolute Gasteiger partial charge is 0.462 e. The molecule has 0 saturated carbocycles. The molecule has 0 aliphatic carbocycles. The summed E-state index contributed by atoms with van der Waals surface area (Å²) in [7, 11) is 0. The molecule has 2 rings (SSSR count). The van der Waals surface area contributed by atoms with E-state index in [4.69, 9.17) is 16.3 Å². The smallest absolute Gasteiger partial charge is 0.341 e. The lowest BCUT2D eigenvalue weighted by Gasteiger charge is -2.11. The van der Waals surface area contributed by atoms with Gasteiger partial charge in [0.2, 0.25) is 0 Å². The molecule has 0 spiro atoms. The highest BCUT2D eigenvalue weighted by atomic mass is 35.5. The highest BCUT2D eigenvalue weighted by Gasteiger charge is 2.13. The Bertz CT molecular complexity index is 588. The molecule has 0 atom stereocenters. The summed E-state index contributed by atoms with van der Waals surface area (Å²) < 4.78 is 5.00. The molecule has 0 unspecified atom stereocenters. The SMILES string of the molecule is CCOC(=O)c1cnc(Cl)cc1NCc1ccccc1. The van der Waals surface area contributed by atoms with E-state index in [0.717, 1.165) is 5.56 Å². The number of benzene rings is 1. The molecule has 104 valence electrons. The van der Waals surface area contributed by atoms with Gasteiger partial charge in [-0.1, -0.05) is 41.9 Å². The Morgan fingerprint density at radius 3 is 2.80 bits per heavy atom. The van der Waals surface area contributed by atoms with Crippen LogP contribution in [-0.2, 0) is 11.3 Å². The Morgan fingerprint density at radius 2 is 2.10 bits per heavy atom. The molecule has 0 saturated heterocycles. The number of aromatic nitrogens is 1. The Hall–Kier alpha value is -2.07. The van der Waals surface area contributed by atoms with Gasteiger partial charge in [-0.15, -0.1) is 0 Å². The van der Waals surface area contributed by atoms with E-state index in [1.807, 2.05) is 30.3 Å². The van der Waals surface area contributed by atoms with Crippen molar-refractivity contribution in [2.45, 2.75) is 13.5 Å². The normalized spacial score (nSPS) is 10.1.